The van der Waals surface area contributed by atoms with Gasteiger partial charge >= 0.3 is 0 Å². The van der Waals surface area contributed by atoms with Gasteiger partial charge < -0.3 is 9.64 Å². The molecule has 0 aliphatic rings. The molecule has 0 N–H and O–H groups in total. The molecule has 0 saturated heterocycles. The van der Waals surface area contributed by atoms with Gasteiger partial charge in [0.1, 0.15) is 6.10 Å². The summed E-state index contributed by atoms with van der Waals surface area (Å²) in [6, 6.07) is 4.05. The first-order chi connectivity index (χ1) is 7.69. The lowest BCUT2D eigenvalue weighted by atomic mass is 10.3. The molecular formula is C12H19NO2S. The van der Waals surface area contributed by atoms with Crippen LogP contribution in [0.15, 0.2) is 17.5 Å². The molecule has 0 radical (unpaired) electrons. The van der Waals surface area contributed by atoms with Gasteiger partial charge in [0.15, 0.2) is 0 Å². The van der Waals surface area contributed by atoms with E-state index < -0.39 is 0 Å². The summed E-state index contributed by atoms with van der Waals surface area (Å²) in [5.41, 5.74) is 0. The molecule has 90 valence electrons. The van der Waals surface area contributed by atoms with Gasteiger partial charge in [-0.05, 0) is 32.2 Å². The van der Waals surface area contributed by atoms with E-state index in [4.69, 9.17) is 4.74 Å². The number of rotatable bonds is 6. The van der Waals surface area contributed by atoms with Crippen LogP contribution in [0.5, 0.6) is 0 Å². The first kappa shape index (κ1) is 13.2. The molecule has 0 bridgehead atoms. The second kappa shape index (κ2) is 6.66. The van der Waals surface area contributed by atoms with Crippen LogP contribution in [0.1, 0.15) is 25.6 Å². The summed E-state index contributed by atoms with van der Waals surface area (Å²) < 4.78 is 5.32. The minimum atomic E-state index is -0.343. The molecule has 0 fully saturated rings. The lowest BCUT2D eigenvalue weighted by molar-refractivity contribution is -0.142. The Morgan fingerprint density at radius 1 is 1.56 bits per heavy atom. The van der Waals surface area contributed by atoms with E-state index >= 15 is 0 Å². The molecule has 4 heteroatoms. The highest BCUT2D eigenvalue weighted by Crippen LogP contribution is 2.13. The van der Waals surface area contributed by atoms with E-state index in [1.807, 2.05) is 43.2 Å². The van der Waals surface area contributed by atoms with Crippen LogP contribution in [0.25, 0.3) is 0 Å². The number of hydrogen-bond donors (Lipinski definition) is 0. The second-order valence-electron chi connectivity index (χ2n) is 3.53. The second-order valence-corrected chi connectivity index (χ2v) is 4.56. The molecule has 0 aromatic carbocycles. The number of carbonyl (C=O) groups is 1. The highest BCUT2D eigenvalue weighted by molar-refractivity contribution is 7.09. The normalized spacial score (nSPS) is 12.4. The van der Waals surface area contributed by atoms with Gasteiger partial charge in [0.05, 0.1) is 6.54 Å². The number of likely N-dealkylation sites (N-methyl/N-ethyl adjacent to an activating group) is 1. The Kier molecular flexibility index (Phi) is 5.49. The van der Waals surface area contributed by atoms with Crippen molar-refractivity contribution in [3.63, 3.8) is 0 Å². The zero-order valence-electron chi connectivity index (χ0n) is 10.1. The van der Waals surface area contributed by atoms with Crippen molar-refractivity contribution in [2.45, 2.75) is 33.4 Å². The van der Waals surface area contributed by atoms with Crippen LogP contribution in [-0.4, -0.2) is 30.1 Å². The van der Waals surface area contributed by atoms with E-state index in [0.717, 1.165) is 0 Å². The Hall–Kier alpha value is -0.870. The Morgan fingerprint density at radius 2 is 2.31 bits per heavy atom. The highest BCUT2D eigenvalue weighted by Gasteiger charge is 2.19. The lowest BCUT2D eigenvalue weighted by Gasteiger charge is -2.23. The molecule has 1 amide bonds. The summed E-state index contributed by atoms with van der Waals surface area (Å²) >= 11 is 1.67. The third kappa shape index (κ3) is 3.61. The average molecular weight is 241 g/mol. The quantitative estimate of drug-likeness (QED) is 0.766. The van der Waals surface area contributed by atoms with Crippen LogP contribution < -0.4 is 0 Å². The lowest BCUT2D eigenvalue weighted by Crippen LogP contribution is -2.38. The van der Waals surface area contributed by atoms with Crippen molar-refractivity contribution >= 4 is 17.2 Å². The van der Waals surface area contributed by atoms with Gasteiger partial charge in [0, 0.05) is 18.0 Å². The van der Waals surface area contributed by atoms with E-state index in [2.05, 4.69) is 0 Å². The van der Waals surface area contributed by atoms with Gasteiger partial charge in [-0.25, -0.2) is 0 Å². The van der Waals surface area contributed by atoms with Crippen molar-refractivity contribution in [3.05, 3.63) is 22.4 Å². The number of hydrogen-bond acceptors (Lipinski definition) is 3. The molecule has 0 spiro atoms. The maximum absolute atomic E-state index is 12.0. The maximum atomic E-state index is 12.0. The number of thiophene rings is 1. The Labute approximate surface area is 101 Å². The smallest absolute Gasteiger partial charge is 0.251 e. The van der Waals surface area contributed by atoms with Gasteiger partial charge in [0.25, 0.3) is 5.91 Å². The van der Waals surface area contributed by atoms with E-state index in [0.29, 0.717) is 19.7 Å². The standard InChI is InChI=1S/C12H19NO2S/c1-4-13(9-11-7-6-8-16-11)12(14)10(3)15-5-2/h6-8,10H,4-5,9H2,1-3H3. The monoisotopic (exact) mass is 241 g/mol. The van der Waals surface area contributed by atoms with E-state index in [-0.39, 0.29) is 12.0 Å². The van der Waals surface area contributed by atoms with Crippen molar-refractivity contribution in [1.82, 2.24) is 4.90 Å². The molecule has 0 aliphatic carbocycles. The first-order valence-corrected chi connectivity index (χ1v) is 6.49. The van der Waals surface area contributed by atoms with E-state index in [1.54, 1.807) is 11.3 Å². The predicted octanol–water partition coefficient (Wildman–Crippen LogP) is 2.52. The predicted molar refractivity (Wildman–Crippen MR) is 66.5 cm³/mol. The Bertz CT molecular complexity index is 311. The zero-order valence-corrected chi connectivity index (χ0v) is 10.9. The van der Waals surface area contributed by atoms with Gasteiger partial charge in [-0.1, -0.05) is 6.07 Å². The molecule has 1 heterocycles. The number of carbonyl (C=O) groups excluding carboxylic acids is 1. The summed E-state index contributed by atoms with van der Waals surface area (Å²) in [7, 11) is 0. The van der Waals surface area contributed by atoms with Crippen LogP contribution >= 0.6 is 11.3 Å². The molecule has 1 aromatic rings. The SMILES string of the molecule is CCOC(C)C(=O)N(CC)Cc1cccs1. The molecule has 1 aromatic heterocycles. The summed E-state index contributed by atoms with van der Waals surface area (Å²) in [6.45, 7) is 7.68. The summed E-state index contributed by atoms with van der Waals surface area (Å²) in [5.74, 6) is 0.0674. The number of ether oxygens (including phenoxy) is 1. The number of nitrogens with zero attached hydrogens (tertiary/aromatic N) is 1. The molecule has 16 heavy (non-hydrogen) atoms. The molecule has 1 unspecified atom stereocenters. The first-order valence-electron chi connectivity index (χ1n) is 5.61. The van der Waals surface area contributed by atoms with Gasteiger partial charge in [-0.15, -0.1) is 11.3 Å². The highest BCUT2D eigenvalue weighted by atomic mass is 32.1. The Morgan fingerprint density at radius 3 is 2.81 bits per heavy atom. The van der Waals surface area contributed by atoms with Crippen molar-refractivity contribution in [2.75, 3.05) is 13.2 Å². The number of amides is 1. The molecular weight excluding hydrogens is 222 g/mol. The maximum Gasteiger partial charge on any atom is 0.251 e. The summed E-state index contributed by atoms with van der Waals surface area (Å²) in [5, 5.41) is 2.03. The minimum Gasteiger partial charge on any atom is -0.369 e. The van der Waals surface area contributed by atoms with Gasteiger partial charge in [0.2, 0.25) is 0 Å². The van der Waals surface area contributed by atoms with Crippen LogP contribution in [-0.2, 0) is 16.1 Å². The van der Waals surface area contributed by atoms with Crippen molar-refractivity contribution < 1.29 is 9.53 Å². The fourth-order valence-corrected chi connectivity index (χ4v) is 2.23. The molecule has 0 saturated carbocycles. The van der Waals surface area contributed by atoms with Crippen molar-refractivity contribution in [1.29, 1.82) is 0 Å². The third-order valence-corrected chi connectivity index (χ3v) is 3.25. The van der Waals surface area contributed by atoms with Gasteiger partial charge in [-0.2, -0.15) is 0 Å². The minimum absolute atomic E-state index is 0.0674. The molecule has 0 aliphatic heterocycles. The molecule has 1 atom stereocenters. The van der Waals surface area contributed by atoms with Crippen molar-refractivity contribution in [2.24, 2.45) is 0 Å². The topological polar surface area (TPSA) is 29.5 Å². The van der Waals surface area contributed by atoms with E-state index in [1.165, 1.54) is 4.88 Å². The third-order valence-electron chi connectivity index (χ3n) is 2.38. The van der Waals surface area contributed by atoms with E-state index in [9.17, 15) is 4.79 Å². The van der Waals surface area contributed by atoms with Crippen LogP contribution in [0.2, 0.25) is 0 Å². The van der Waals surface area contributed by atoms with Crippen LogP contribution in [0.3, 0.4) is 0 Å². The fourth-order valence-electron chi connectivity index (χ4n) is 1.51. The van der Waals surface area contributed by atoms with Crippen LogP contribution in [0, 0.1) is 0 Å². The average Bonchev–Trinajstić information content (AvgIpc) is 2.78. The summed E-state index contributed by atoms with van der Waals surface area (Å²) in [6.07, 6.45) is -0.343. The van der Waals surface area contributed by atoms with Gasteiger partial charge in [-0.3, -0.25) is 4.79 Å². The Balaban J connectivity index is 2.56. The molecule has 3 nitrogen and oxygen atoms in total. The summed E-state index contributed by atoms with van der Waals surface area (Å²) in [4.78, 5) is 15.0. The molecule has 1 rings (SSSR count). The zero-order chi connectivity index (χ0) is 12.0. The largest absolute Gasteiger partial charge is 0.369 e. The van der Waals surface area contributed by atoms with Crippen LogP contribution in [0.4, 0.5) is 0 Å². The van der Waals surface area contributed by atoms with Crippen molar-refractivity contribution in [3.8, 4) is 0 Å². The fraction of sp³-hybridized carbons (Fsp3) is 0.583.